The Morgan fingerprint density at radius 1 is 0.875 bits per heavy atom. The van der Waals surface area contributed by atoms with Crippen LogP contribution in [0.3, 0.4) is 0 Å². The van der Waals surface area contributed by atoms with Crippen LogP contribution in [0.4, 0.5) is 0 Å². The predicted molar refractivity (Wildman–Crippen MR) is 147 cm³/mol. The van der Waals surface area contributed by atoms with Crippen molar-refractivity contribution < 1.29 is 0 Å². The first-order chi connectivity index (χ1) is 15.5. The molecule has 1 saturated heterocycles. The summed E-state index contributed by atoms with van der Waals surface area (Å²) < 4.78 is 0. The second-order valence-electron chi connectivity index (χ2n) is 6.02. The lowest BCUT2D eigenvalue weighted by molar-refractivity contribution is 0.684. The summed E-state index contributed by atoms with van der Waals surface area (Å²) in [4.78, 5) is 7.50. The average Bonchev–Trinajstić information content (AvgIpc) is 2.81. The van der Waals surface area contributed by atoms with E-state index in [9.17, 15) is 0 Å². The molecule has 0 spiro atoms. The normalized spacial score (nSPS) is 14.1. The van der Waals surface area contributed by atoms with Crippen molar-refractivity contribution in [1.29, 1.82) is 0 Å². The fraction of sp³-hybridized carbons (Fsp3) is 0.103. The van der Waals surface area contributed by atoms with Crippen LogP contribution in [-0.4, -0.2) is 24.8 Å². The maximum atomic E-state index is 4.08. The van der Waals surface area contributed by atoms with Gasteiger partial charge >= 0.3 is 0 Å². The molecule has 0 atom stereocenters. The molecular weight excluding hydrogens is 390 g/mol. The van der Waals surface area contributed by atoms with Gasteiger partial charge in [0.05, 0.1) is 5.35 Å². The molecule has 1 fully saturated rings. The Balaban J connectivity index is 0. The molecule has 3 heteroatoms. The number of nitrogens with zero attached hydrogens (tertiary/aromatic N) is 2. The summed E-state index contributed by atoms with van der Waals surface area (Å²) in [6.45, 7) is 30.5. The molecule has 0 bridgehead atoms. The number of hydrogen-bond donors (Lipinski definition) is 1. The number of pyridine rings is 1. The molecule has 0 unspecified atom stereocenters. The first-order valence-electron chi connectivity index (χ1n) is 10.1. The Hall–Kier alpha value is -3.82. The fourth-order valence-corrected chi connectivity index (χ4v) is 2.09. The minimum Gasteiger partial charge on any atom is -0.312 e. The summed E-state index contributed by atoms with van der Waals surface area (Å²) in [6.07, 6.45) is 22.3. The van der Waals surface area contributed by atoms with Crippen molar-refractivity contribution in [3.8, 4) is 0 Å². The molecule has 2 rings (SSSR count). The van der Waals surface area contributed by atoms with Gasteiger partial charge in [-0.2, -0.15) is 0 Å². The summed E-state index contributed by atoms with van der Waals surface area (Å²) in [5.41, 5.74) is 2.54. The zero-order valence-electron chi connectivity index (χ0n) is 19.3. The molecule has 3 nitrogen and oxygen atoms in total. The van der Waals surface area contributed by atoms with Gasteiger partial charge in [-0.15, -0.1) is 0 Å². The van der Waals surface area contributed by atoms with Gasteiger partial charge in [-0.25, -0.2) is 0 Å². The van der Waals surface area contributed by atoms with Crippen LogP contribution in [-0.2, 0) is 0 Å². The van der Waals surface area contributed by atoms with E-state index in [-0.39, 0.29) is 0 Å². The molecular formula is C29H37N3. The van der Waals surface area contributed by atoms with Crippen LogP contribution in [0.1, 0.15) is 6.42 Å². The number of aliphatic imine (C=N–C) groups is 1. The Morgan fingerprint density at radius 3 is 1.94 bits per heavy atom. The number of aromatic nitrogens is 1. The van der Waals surface area contributed by atoms with Gasteiger partial charge in [0.15, 0.2) is 0 Å². The van der Waals surface area contributed by atoms with E-state index in [4.69, 9.17) is 0 Å². The van der Waals surface area contributed by atoms with Crippen molar-refractivity contribution in [3.05, 3.63) is 140 Å². The highest BCUT2D eigenvalue weighted by atomic mass is 14.9. The number of rotatable bonds is 6. The lowest BCUT2D eigenvalue weighted by Crippen LogP contribution is -2.25. The summed E-state index contributed by atoms with van der Waals surface area (Å²) in [7, 11) is 0. The van der Waals surface area contributed by atoms with Crippen molar-refractivity contribution in [2.45, 2.75) is 6.42 Å². The summed E-state index contributed by atoms with van der Waals surface area (Å²) in [5, 5.41) is 5.07. The predicted octanol–water partition coefficient (Wildman–Crippen LogP) is 5.41. The quantitative estimate of drug-likeness (QED) is 0.487. The fourth-order valence-electron chi connectivity index (χ4n) is 2.09. The van der Waals surface area contributed by atoms with Crippen LogP contribution in [0.25, 0.3) is 12.7 Å². The van der Waals surface area contributed by atoms with E-state index in [0.717, 1.165) is 30.1 Å². The molecule has 1 aliphatic rings. The summed E-state index contributed by atoms with van der Waals surface area (Å²) in [5.74, 6) is 0. The Kier molecular flexibility index (Phi) is 22.3. The molecule has 0 aliphatic carbocycles. The SMILES string of the molecule is C=C/C=C1/CCNCC1=C.C=C/C=C\C=C.C=C/C=C\N=C.C=C/C=c1/ncccc1=C. The molecule has 0 saturated carbocycles. The molecule has 32 heavy (non-hydrogen) atoms. The van der Waals surface area contributed by atoms with Crippen molar-refractivity contribution in [3.63, 3.8) is 0 Å². The van der Waals surface area contributed by atoms with Crippen molar-refractivity contribution in [1.82, 2.24) is 10.3 Å². The highest BCUT2D eigenvalue weighted by Crippen LogP contribution is 2.14. The van der Waals surface area contributed by atoms with Crippen LogP contribution in [0.15, 0.2) is 135 Å². The zero-order chi connectivity index (χ0) is 24.5. The Morgan fingerprint density at radius 2 is 1.50 bits per heavy atom. The third-order valence-corrected chi connectivity index (χ3v) is 3.60. The minimum absolute atomic E-state index is 0.887. The third kappa shape index (κ3) is 18.2. The molecule has 168 valence electrons. The minimum atomic E-state index is 0.887. The van der Waals surface area contributed by atoms with Gasteiger partial charge in [0.2, 0.25) is 0 Å². The largest absolute Gasteiger partial charge is 0.312 e. The summed E-state index contributed by atoms with van der Waals surface area (Å²) in [6, 6.07) is 3.78. The molecule has 0 radical (unpaired) electrons. The van der Waals surface area contributed by atoms with Crippen LogP contribution in [0.5, 0.6) is 0 Å². The van der Waals surface area contributed by atoms with Gasteiger partial charge in [0.25, 0.3) is 0 Å². The maximum Gasteiger partial charge on any atom is 0.0695 e. The van der Waals surface area contributed by atoms with Gasteiger partial charge in [-0.1, -0.05) is 101 Å². The molecule has 0 aromatic carbocycles. The maximum absolute atomic E-state index is 4.08. The second-order valence-corrected chi connectivity index (χ2v) is 6.02. The zero-order valence-corrected chi connectivity index (χ0v) is 19.3. The van der Waals surface area contributed by atoms with Crippen molar-refractivity contribution in [2.24, 2.45) is 4.99 Å². The second kappa shape index (κ2) is 23.5. The highest BCUT2D eigenvalue weighted by molar-refractivity contribution is 5.34. The van der Waals surface area contributed by atoms with Crippen LogP contribution < -0.4 is 15.9 Å². The van der Waals surface area contributed by atoms with Gasteiger partial charge in [-0.3, -0.25) is 9.98 Å². The third-order valence-electron chi connectivity index (χ3n) is 3.60. The van der Waals surface area contributed by atoms with Crippen LogP contribution in [0.2, 0.25) is 0 Å². The van der Waals surface area contributed by atoms with E-state index >= 15 is 0 Å². The number of nitrogens with one attached hydrogen (secondary N) is 1. The van der Waals surface area contributed by atoms with E-state index in [0.29, 0.717) is 0 Å². The monoisotopic (exact) mass is 427 g/mol. The van der Waals surface area contributed by atoms with Crippen molar-refractivity contribution >= 4 is 19.4 Å². The number of hydrogen-bond acceptors (Lipinski definition) is 3. The Labute approximate surface area is 194 Å². The highest BCUT2D eigenvalue weighted by Gasteiger charge is 2.06. The Bertz CT molecular complexity index is 885. The molecule has 1 aromatic rings. The topological polar surface area (TPSA) is 37.3 Å². The van der Waals surface area contributed by atoms with E-state index in [1.165, 1.54) is 11.1 Å². The summed E-state index contributed by atoms with van der Waals surface area (Å²) >= 11 is 0. The van der Waals surface area contributed by atoms with E-state index in [1.807, 2.05) is 42.5 Å². The lowest BCUT2D eigenvalue weighted by atomic mass is 10.0. The van der Waals surface area contributed by atoms with Crippen LogP contribution >= 0.6 is 0 Å². The molecule has 1 aromatic heterocycles. The lowest BCUT2D eigenvalue weighted by Gasteiger charge is -2.17. The first kappa shape index (κ1) is 30.4. The smallest absolute Gasteiger partial charge is 0.0695 e. The molecule has 2 heterocycles. The van der Waals surface area contributed by atoms with Gasteiger partial charge in [0, 0.05) is 18.9 Å². The van der Waals surface area contributed by atoms with Crippen molar-refractivity contribution in [2.75, 3.05) is 13.1 Å². The number of allylic oxidation sites excluding steroid dienone is 9. The van der Waals surface area contributed by atoms with Gasteiger partial charge in [-0.05, 0) is 54.3 Å². The van der Waals surface area contributed by atoms with E-state index < -0.39 is 0 Å². The average molecular weight is 428 g/mol. The van der Waals surface area contributed by atoms with Crippen LogP contribution in [0, 0.1) is 0 Å². The number of piperidine rings is 1. The van der Waals surface area contributed by atoms with Gasteiger partial charge < -0.3 is 5.32 Å². The first-order valence-corrected chi connectivity index (χ1v) is 10.1. The van der Waals surface area contributed by atoms with Gasteiger partial charge in [0.1, 0.15) is 0 Å². The van der Waals surface area contributed by atoms with E-state index in [1.54, 1.807) is 42.8 Å². The molecule has 1 aliphatic heterocycles. The molecule has 1 N–H and O–H groups in total. The molecule has 0 amide bonds. The standard InChI is InChI=1S/C9H9N.C9H13N.C6H8.C5H7N/c1-3-5-9-8(2)6-4-7-10-9;1-3-4-9-5-6-10-7-8(9)2;1-3-5-6-4-2;1-3-4-5-6-2/h3-7H,1-2H2;3-4,10H,1-2,5-7H2;3-6H,1-2H2;3-5H,1-2H2/b9-5+;9-4-;6-5-;5-4-. The van der Waals surface area contributed by atoms with E-state index in [2.05, 4.69) is 68.1 Å².